The van der Waals surface area contributed by atoms with Gasteiger partial charge in [0.25, 0.3) is 0 Å². The second-order valence-corrected chi connectivity index (χ2v) is 14.9. The molecule has 0 saturated carbocycles. The SMILES string of the molecule is CC12CC3(C)[Se]C(C)(CC(C)(O1)[Se]3)O2. The summed E-state index contributed by atoms with van der Waals surface area (Å²) in [5, 5.41) is 0. The van der Waals surface area contributed by atoms with Crippen LogP contribution in [0.2, 0.25) is 3.21 Å². The number of hydrogen-bond acceptors (Lipinski definition) is 2. The van der Waals surface area contributed by atoms with E-state index < -0.39 is 0 Å². The summed E-state index contributed by atoms with van der Waals surface area (Å²) in [4.78, 5) is 0. The monoisotopic (exact) mass is 328 g/mol. The van der Waals surface area contributed by atoms with Crippen molar-refractivity contribution >= 4 is 29.9 Å². The second-order valence-electron chi connectivity index (χ2n) is 5.30. The molecule has 4 heteroatoms. The molecule has 4 saturated heterocycles. The summed E-state index contributed by atoms with van der Waals surface area (Å²) in [5.74, 6) is -0.281. The number of ether oxygens (including phenoxy) is 2. The third-order valence-electron chi connectivity index (χ3n) is 3.01. The normalized spacial score (nSPS) is 66.0. The van der Waals surface area contributed by atoms with Gasteiger partial charge in [-0.2, -0.15) is 0 Å². The fourth-order valence-corrected chi connectivity index (χ4v) is 15.8. The van der Waals surface area contributed by atoms with E-state index in [0.29, 0.717) is 33.1 Å². The van der Waals surface area contributed by atoms with Crippen molar-refractivity contribution < 1.29 is 9.47 Å². The van der Waals surface area contributed by atoms with Crippen LogP contribution >= 0.6 is 0 Å². The van der Waals surface area contributed by atoms with Crippen molar-refractivity contribution in [3.05, 3.63) is 0 Å². The number of hydrogen-bond donors (Lipinski definition) is 0. The first-order valence-corrected chi connectivity index (χ1v) is 8.47. The predicted molar refractivity (Wildman–Crippen MR) is 56.5 cm³/mol. The van der Waals surface area contributed by atoms with Gasteiger partial charge in [0, 0.05) is 0 Å². The van der Waals surface area contributed by atoms with Gasteiger partial charge in [-0.05, 0) is 0 Å². The van der Waals surface area contributed by atoms with E-state index in [1.165, 1.54) is 0 Å². The van der Waals surface area contributed by atoms with Crippen molar-refractivity contribution in [2.45, 2.75) is 58.5 Å². The molecule has 14 heavy (non-hydrogen) atoms. The average molecular weight is 326 g/mol. The molecule has 4 bridgehead atoms. The Bertz CT molecular complexity index is 209. The molecule has 0 amide bonds. The average Bonchev–Trinajstić information content (AvgIpc) is 1.67. The maximum absolute atomic E-state index is 6.14. The van der Waals surface area contributed by atoms with Crippen LogP contribution in [0.15, 0.2) is 0 Å². The quantitative estimate of drug-likeness (QED) is 0.629. The Morgan fingerprint density at radius 3 is 1.71 bits per heavy atom. The van der Waals surface area contributed by atoms with Crippen molar-refractivity contribution in [2.75, 3.05) is 0 Å². The first-order valence-electron chi connectivity index (χ1n) is 5.05. The Hall–Kier alpha value is 0.959. The van der Waals surface area contributed by atoms with Gasteiger partial charge in [-0.15, -0.1) is 0 Å². The Morgan fingerprint density at radius 2 is 1.36 bits per heavy atom. The van der Waals surface area contributed by atoms with Gasteiger partial charge in [-0.3, -0.25) is 0 Å². The molecule has 0 radical (unpaired) electrons. The van der Waals surface area contributed by atoms with Gasteiger partial charge < -0.3 is 0 Å². The third kappa shape index (κ3) is 1.36. The zero-order valence-electron chi connectivity index (χ0n) is 9.05. The summed E-state index contributed by atoms with van der Waals surface area (Å²) >= 11 is 1.26. The molecule has 80 valence electrons. The molecule has 4 aliphatic heterocycles. The van der Waals surface area contributed by atoms with Crippen LogP contribution in [0.25, 0.3) is 0 Å². The molecular formula is C10H16O2Se2. The predicted octanol–water partition coefficient (Wildman–Crippen LogP) is 1.53. The Balaban J connectivity index is 2.08. The fourth-order valence-electron chi connectivity index (χ4n) is 3.37. The van der Waals surface area contributed by atoms with Gasteiger partial charge in [0.2, 0.25) is 0 Å². The zero-order valence-corrected chi connectivity index (χ0v) is 12.5. The molecule has 0 N–H and O–H groups in total. The van der Waals surface area contributed by atoms with Crippen LogP contribution in [-0.4, -0.2) is 44.7 Å². The number of rotatable bonds is 0. The van der Waals surface area contributed by atoms with Crippen LogP contribution in [0.4, 0.5) is 0 Å². The van der Waals surface area contributed by atoms with E-state index in [0.717, 1.165) is 12.8 Å². The fraction of sp³-hybridized carbons (Fsp3) is 1.00. The molecule has 0 aromatic heterocycles. The molecule has 0 spiro atoms. The van der Waals surface area contributed by atoms with E-state index in [1.54, 1.807) is 0 Å². The van der Waals surface area contributed by atoms with Gasteiger partial charge in [0.1, 0.15) is 0 Å². The van der Waals surface area contributed by atoms with Crippen molar-refractivity contribution in [1.29, 1.82) is 0 Å². The van der Waals surface area contributed by atoms with Crippen LogP contribution in [0.5, 0.6) is 0 Å². The van der Waals surface area contributed by atoms with Crippen molar-refractivity contribution in [3.63, 3.8) is 0 Å². The maximum atomic E-state index is 6.14. The van der Waals surface area contributed by atoms with Gasteiger partial charge >= 0.3 is 97.9 Å². The summed E-state index contributed by atoms with van der Waals surface area (Å²) in [6.07, 6.45) is 2.23. The van der Waals surface area contributed by atoms with Gasteiger partial charge in [-0.25, -0.2) is 0 Å². The standard InChI is InChI=1S/C10H16O2Se2/c1-7-5-10(4)13-8(2,11-7)6-9(3,12-7)14-10/h5-6H2,1-4H3. The summed E-state index contributed by atoms with van der Waals surface area (Å²) in [6.45, 7) is 9.16. The van der Waals surface area contributed by atoms with E-state index in [2.05, 4.69) is 27.7 Å². The first-order chi connectivity index (χ1) is 6.24. The first kappa shape index (κ1) is 10.1. The van der Waals surface area contributed by atoms with E-state index in [-0.39, 0.29) is 14.8 Å². The Kier molecular flexibility index (Phi) is 1.77. The minimum absolute atomic E-state index is 0.141. The van der Waals surface area contributed by atoms with Gasteiger partial charge in [-0.1, -0.05) is 0 Å². The molecule has 0 aromatic rings. The van der Waals surface area contributed by atoms with Crippen molar-refractivity contribution in [3.8, 4) is 0 Å². The molecular weight excluding hydrogens is 310 g/mol. The molecule has 4 fully saturated rings. The van der Waals surface area contributed by atoms with Crippen molar-refractivity contribution in [2.24, 2.45) is 0 Å². The van der Waals surface area contributed by atoms with Gasteiger partial charge in [0.05, 0.1) is 0 Å². The van der Waals surface area contributed by atoms with Crippen LogP contribution in [0.3, 0.4) is 0 Å². The van der Waals surface area contributed by atoms with E-state index in [9.17, 15) is 0 Å². The topological polar surface area (TPSA) is 18.5 Å². The van der Waals surface area contributed by atoms with Crippen LogP contribution < -0.4 is 0 Å². The van der Waals surface area contributed by atoms with Crippen LogP contribution in [0, 0.1) is 0 Å². The summed E-state index contributed by atoms with van der Waals surface area (Å²) in [6, 6.07) is 0. The molecule has 2 nitrogen and oxygen atoms in total. The molecule has 0 aromatic carbocycles. The summed E-state index contributed by atoms with van der Waals surface area (Å²) in [5.41, 5.74) is 0. The molecule has 4 aliphatic rings. The van der Waals surface area contributed by atoms with E-state index >= 15 is 0 Å². The Labute approximate surface area is 97.8 Å². The van der Waals surface area contributed by atoms with Crippen LogP contribution in [0.1, 0.15) is 40.5 Å². The van der Waals surface area contributed by atoms with Gasteiger partial charge in [0.15, 0.2) is 0 Å². The molecule has 2 unspecified atom stereocenters. The molecule has 4 rings (SSSR count). The van der Waals surface area contributed by atoms with E-state index in [4.69, 9.17) is 9.47 Å². The zero-order chi connectivity index (χ0) is 10.2. The second kappa shape index (κ2) is 2.45. The molecule has 0 aliphatic carbocycles. The van der Waals surface area contributed by atoms with Crippen molar-refractivity contribution in [1.82, 2.24) is 0 Å². The minimum atomic E-state index is -0.281. The Morgan fingerprint density at radius 1 is 0.857 bits per heavy atom. The molecule has 2 atom stereocenters. The van der Waals surface area contributed by atoms with E-state index in [1.807, 2.05) is 0 Å². The molecule has 4 heterocycles. The third-order valence-corrected chi connectivity index (χ3v) is 10.0. The van der Waals surface area contributed by atoms with Crippen LogP contribution in [-0.2, 0) is 9.47 Å². The summed E-state index contributed by atoms with van der Waals surface area (Å²) < 4.78 is 13.1. The summed E-state index contributed by atoms with van der Waals surface area (Å²) in [7, 11) is 0.